The molecule has 100 valence electrons. The highest BCUT2D eigenvalue weighted by Gasteiger charge is 2.31. The quantitative estimate of drug-likeness (QED) is 0.791. The molecular formula is C15H16O4. The van der Waals surface area contributed by atoms with Gasteiger partial charge in [-0.2, -0.15) is 0 Å². The summed E-state index contributed by atoms with van der Waals surface area (Å²) < 4.78 is 11.4. The van der Waals surface area contributed by atoms with E-state index in [1.54, 1.807) is 6.92 Å². The summed E-state index contributed by atoms with van der Waals surface area (Å²) in [6, 6.07) is 2.95. The van der Waals surface area contributed by atoms with Crippen LogP contribution in [-0.2, 0) is 6.42 Å². The number of benzene rings is 1. The third-order valence-corrected chi connectivity index (χ3v) is 3.53. The number of ether oxygens (including phenoxy) is 1. The molecule has 0 bridgehead atoms. The van der Waals surface area contributed by atoms with E-state index in [2.05, 4.69) is 0 Å². The Hall–Kier alpha value is -1.97. The number of hydrogen-bond donors (Lipinski definition) is 1. The van der Waals surface area contributed by atoms with Crippen LogP contribution in [0.25, 0.3) is 11.0 Å². The van der Waals surface area contributed by atoms with E-state index in [4.69, 9.17) is 9.15 Å². The lowest BCUT2D eigenvalue weighted by atomic mass is 9.92. The number of rotatable bonds is 0. The predicted octanol–water partition coefficient (Wildman–Crippen LogP) is 2.91. The molecule has 1 N–H and O–H groups in total. The average molecular weight is 260 g/mol. The van der Waals surface area contributed by atoms with Crippen molar-refractivity contribution >= 4 is 11.0 Å². The molecule has 0 unspecified atom stereocenters. The Balaban J connectivity index is 2.41. The first-order valence-corrected chi connectivity index (χ1v) is 6.36. The van der Waals surface area contributed by atoms with Gasteiger partial charge in [0, 0.05) is 17.7 Å². The van der Waals surface area contributed by atoms with Crippen molar-refractivity contribution in [3.63, 3.8) is 0 Å². The lowest BCUT2D eigenvalue weighted by molar-refractivity contribution is 0.0857. The van der Waals surface area contributed by atoms with E-state index < -0.39 is 0 Å². The Labute approximate surface area is 110 Å². The van der Waals surface area contributed by atoms with Crippen LogP contribution in [0, 0.1) is 6.92 Å². The maximum Gasteiger partial charge on any atom is 0.196 e. The zero-order chi connectivity index (χ0) is 13.8. The second-order valence-corrected chi connectivity index (χ2v) is 5.66. The maximum atomic E-state index is 12.2. The second-order valence-electron chi connectivity index (χ2n) is 5.66. The van der Waals surface area contributed by atoms with E-state index in [0.717, 1.165) is 6.42 Å². The Morgan fingerprint density at radius 1 is 1.32 bits per heavy atom. The van der Waals surface area contributed by atoms with Gasteiger partial charge in [-0.05, 0) is 33.6 Å². The Bertz CT molecular complexity index is 725. The number of aromatic hydroxyl groups is 1. The minimum Gasteiger partial charge on any atom is -0.507 e. The van der Waals surface area contributed by atoms with Crippen molar-refractivity contribution in [2.75, 3.05) is 0 Å². The summed E-state index contributed by atoms with van der Waals surface area (Å²) in [7, 11) is 0. The summed E-state index contributed by atoms with van der Waals surface area (Å²) in [5, 5.41) is 10.5. The van der Waals surface area contributed by atoms with Gasteiger partial charge in [0.2, 0.25) is 0 Å². The Morgan fingerprint density at radius 2 is 2.05 bits per heavy atom. The molecule has 2 aromatic rings. The second kappa shape index (κ2) is 3.76. The van der Waals surface area contributed by atoms with Gasteiger partial charge in [-0.15, -0.1) is 0 Å². The number of phenols is 1. The molecule has 1 aliphatic rings. The van der Waals surface area contributed by atoms with Crippen LogP contribution in [-0.4, -0.2) is 10.7 Å². The van der Waals surface area contributed by atoms with Crippen molar-refractivity contribution in [1.82, 2.24) is 0 Å². The summed E-state index contributed by atoms with van der Waals surface area (Å²) >= 11 is 0. The Kier molecular flexibility index (Phi) is 2.39. The first-order valence-electron chi connectivity index (χ1n) is 6.36. The van der Waals surface area contributed by atoms with Gasteiger partial charge in [0.15, 0.2) is 5.43 Å². The zero-order valence-electron chi connectivity index (χ0n) is 11.2. The van der Waals surface area contributed by atoms with E-state index in [-0.39, 0.29) is 16.8 Å². The molecule has 4 nitrogen and oxygen atoms in total. The molecule has 1 aromatic carbocycles. The van der Waals surface area contributed by atoms with Crippen molar-refractivity contribution in [3.8, 4) is 11.5 Å². The van der Waals surface area contributed by atoms with Gasteiger partial charge in [-0.3, -0.25) is 4.79 Å². The molecule has 0 radical (unpaired) electrons. The molecule has 1 aliphatic heterocycles. The summed E-state index contributed by atoms with van der Waals surface area (Å²) in [4.78, 5) is 12.2. The van der Waals surface area contributed by atoms with Gasteiger partial charge < -0.3 is 14.3 Å². The van der Waals surface area contributed by atoms with E-state index in [0.29, 0.717) is 34.5 Å². The minimum atomic E-state index is -0.342. The number of hydrogen-bond acceptors (Lipinski definition) is 4. The fourth-order valence-electron chi connectivity index (χ4n) is 2.54. The SMILES string of the molecule is Cc1cc(=O)c2c3c(c(O)cc2o1)CCC(C)(C)O3. The van der Waals surface area contributed by atoms with Gasteiger partial charge in [-0.1, -0.05) is 0 Å². The highest BCUT2D eigenvalue weighted by molar-refractivity contribution is 5.87. The first-order chi connectivity index (χ1) is 8.87. The van der Waals surface area contributed by atoms with Crippen molar-refractivity contribution < 1.29 is 14.3 Å². The monoisotopic (exact) mass is 260 g/mol. The topological polar surface area (TPSA) is 59.7 Å². The molecule has 0 fully saturated rings. The van der Waals surface area contributed by atoms with Gasteiger partial charge in [0.05, 0.1) is 0 Å². The molecule has 0 amide bonds. The largest absolute Gasteiger partial charge is 0.507 e. The third kappa shape index (κ3) is 1.87. The van der Waals surface area contributed by atoms with Gasteiger partial charge in [0.1, 0.15) is 33.8 Å². The molecule has 2 heterocycles. The third-order valence-electron chi connectivity index (χ3n) is 3.53. The number of aryl methyl sites for hydroxylation is 1. The zero-order valence-corrected chi connectivity index (χ0v) is 11.2. The molecule has 19 heavy (non-hydrogen) atoms. The van der Waals surface area contributed by atoms with E-state index in [1.807, 2.05) is 13.8 Å². The first kappa shape index (κ1) is 12.1. The van der Waals surface area contributed by atoms with Gasteiger partial charge in [0.25, 0.3) is 0 Å². The van der Waals surface area contributed by atoms with Crippen LogP contribution in [0.3, 0.4) is 0 Å². The van der Waals surface area contributed by atoms with Crippen LogP contribution in [0.2, 0.25) is 0 Å². The van der Waals surface area contributed by atoms with Crippen LogP contribution in [0.15, 0.2) is 21.3 Å². The van der Waals surface area contributed by atoms with Crippen LogP contribution < -0.4 is 10.2 Å². The maximum absolute atomic E-state index is 12.2. The summed E-state index contributed by atoms with van der Waals surface area (Å²) in [5.74, 6) is 1.12. The van der Waals surface area contributed by atoms with Crippen molar-refractivity contribution in [2.24, 2.45) is 0 Å². The van der Waals surface area contributed by atoms with Gasteiger partial charge in [-0.25, -0.2) is 0 Å². The summed E-state index contributed by atoms with van der Waals surface area (Å²) in [5.41, 5.74) is 0.597. The van der Waals surface area contributed by atoms with E-state index >= 15 is 0 Å². The molecule has 0 aliphatic carbocycles. The van der Waals surface area contributed by atoms with Crippen molar-refractivity contribution in [3.05, 3.63) is 33.7 Å². The number of fused-ring (bicyclic) bond motifs is 3. The molecule has 0 spiro atoms. The van der Waals surface area contributed by atoms with E-state index in [9.17, 15) is 9.90 Å². The standard InChI is InChI=1S/C15H16O4/c1-8-6-11(17)13-12(18-8)7-10(16)9-4-5-15(2,3)19-14(9)13/h6-7,16H,4-5H2,1-3H3. The van der Waals surface area contributed by atoms with Crippen LogP contribution in [0.4, 0.5) is 0 Å². The van der Waals surface area contributed by atoms with Crippen LogP contribution in [0.5, 0.6) is 11.5 Å². The molecule has 0 atom stereocenters. The smallest absolute Gasteiger partial charge is 0.196 e. The van der Waals surface area contributed by atoms with Crippen molar-refractivity contribution in [1.29, 1.82) is 0 Å². The van der Waals surface area contributed by atoms with E-state index in [1.165, 1.54) is 12.1 Å². The fourth-order valence-corrected chi connectivity index (χ4v) is 2.54. The normalized spacial score (nSPS) is 17.0. The summed E-state index contributed by atoms with van der Waals surface area (Å²) in [6.07, 6.45) is 1.49. The fraction of sp³-hybridized carbons (Fsp3) is 0.400. The lowest BCUT2D eigenvalue weighted by Gasteiger charge is -2.33. The predicted molar refractivity (Wildman–Crippen MR) is 71.9 cm³/mol. The molecule has 4 heteroatoms. The Morgan fingerprint density at radius 3 is 2.79 bits per heavy atom. The molecule has 0 saturated carbocycles. The average Bonchev–Trinajstić information content (AvgIpc) is 2.25. The van der Waals surface area contributed by atoms with Gasteiger partial charge >= 0.3 is 0 Å². The van der Waals surface area contributed by atoms with Crippen LogP contribution in [0.1, 0.15) is 31.6 Å². The molecule has 0 saturated heterocycles. The highest BCUT2D eigenvalue weighted by atomic mass is 16.5. The molecule has 3 rings (SSSR count). The molecule has 1 aromatic heterocycles. The number of phenolic OH excluding ortho intramolecular Hbond substituents is 1. The van der Waals surface area contributed by atoms with Crippen molar-refractivity contribution in [2.45, 2.75) is 39.2 Å². The highest BCUT2D eigenvalue weighted by Crippen LogP contribution is 2.42. The van der Waals surface area contributed by atoms with Crippen LogP contribution >= 0.6 is 0 Å². The lowest BCUT2D eigenvalue weighted by Crippen LogP contribution is -2.33. The summed E-state index contributed by atoms with van der Waals surface area (Å²) in [6.45, 7) is 5.66. The molecular weight excluding hydrogens is 244 g/mol. The minimum absolute atomic E-state index is 0.131.